The molecule has 0 aromatic rings. The molecule has 0 aromatic heterocycles. The quantitative estimate of drug-likeness (QED) is 0.534. The Bertz CT molecular complexity index is 244. The molecule has 0 bridgehead atoms. The summed E-state index contributed by atoms with van der Waals surface area (Å²) in [5.41, 5.74) is 0. The van der Waals surface area contributed by atoms with Gasteiger partial charge in [-0.3, -0.25) is 9.59 Å². The maximum absolute atomic E-state index is 11.7. The fraction of sp³-hybridized carbons (Fsp3) is 0.818. The summed E-state index contributed by atoms with van der Waals surface area (Å²) in [5, 5.41) is 0. The number of hydrogen-bond donors (Lipinski definition) is 0. The van der Waals surface area contributed by atoms with Crippen molar-refractivity contribution in [1.29, 1.82) is 0 Å². The van der Waals surface area contributed by atoms with Crippen molar-refractivity contribution in [3.8, 4) is 0 Å². The lowest BCUT2D eigenvalue weighted by molar-refractivity contribution is -0.141. The predicted molar refractivity (Wildman–Crippen MR) is 49.2 cm³/mol. The second-order valence-corrected chi connectivity index (χ2v) is 4.48. The molecule has 0 aromatic carbocycles. The van der Waals surface area contributed by atoms with Gasteiger partial charge in [-0.15, -0.1) is 0 Å². The summed E-state index contributed by atoms with van der Waals surface area (Å²) in [7, 11) is 0. The standard InChI is InChI=1S/C11H16O2/c1-7-5-6-8-3-2-4-9(12)10(8)11(7)13/h7-8,10H,2-6H2,1H3. The molecule has 2 saturated carbocycles. The third-order valence-corrected chi connectivity index (χ3v) is 3.58. The summed E-state index contributed by atoms with van der Waals surface area (Å²) >= 11 is 0. The molecule has 2 fully saturated rings. The van der Waals surface area contributed by atoms with Crippen LogP contribution in [-0.2, 0) is 9.59 Å². The van der Waals surface area contributed by atoms with Gasteiger partial charge in [0.15, 0.2) is 0 Å². The van der Waals surface area contributed by atoms with Gasteiger partial charge in [0.05, 0.1) is 5.92 Å². The lowest BCUT2D eigenvalue weighted by atomic mass is 9.66. The van der Waals surface area contributed by atoms with Gasteiger partial charge in [-0.2, -0.15) is 0 Å². The molecule has 0 amide bonds. The van der Waals surface area contributed by atoms with Gasteiger partial charge in [0, 0.05) is 12.3 Å². The fourth-order valence-corrected chi connectivity index (χ4v) is 2.74. The first-order valence-electron chi connectivity index (χ1n) is 5.26. The van der Waals surface area contributed by atoms with E-state index < -0.39 is 0 Å². The molecule has 13 heavy (non-hydrogen) atoms. The van der Waals surface area contributed by atoms with Gasteiger partial charge in [0.25, 0.3) is 0 Å². The average molecular weight is 180 g/mol. The molecule has 0 spiro atoms. The van der Waals surface area contributed by atoms with Crippen LogP contribution in [0.4, 0.5) is 0 Å². The summed E-state index contributed by atoms with van der Waals surface area (Å²) < 4.78 is 0. The van der Waals surface area contributed by atoms with E-state index in [1.54, 1.807) is 0 Å². The van der Waals surface area contributed by atoms with E-state index in [4.69, 9.17) is 0 Å². The van der Waals surface area contributed by atoms with Crippen molar-refractivity contribution in [2.45, 2.75) is 39.0 Å². The van der Waals surface area contributed by atoms with Crippen LogP contribution in [0.1, 0.15) is 39.0 Å². The van der Waals surface area contributed by atoms with E-state index in [0.717, 1.165) is 25.7 Å². The molecule has 0 radical (unpaired) electrons. The van der Waals surface area contributed by atoms with Gasteiger partial charge in [-0.05, 0) is 31.6 Å². The van der Waals surface area contributed by atoms with Crippen LogP contribution in [0.3, 0.4) is 0 Å². The number of Topliss-reactive ketones (excluding diaryl/α,β-unsaturated/α-hetero) is 2. The van der Waals surface area contributed by atoms with Crippen molar-refractivity contribution in [2.24, 2.45) is 17.8 Å². The molecule has 3 unspecified atom stereocenters. The third kappa shape index (κ3) is 1.43. The van der Waals surface area contributed by atoms with Crippen molar-refractivity contribution in [3.05, 3.63) is 0 Å². The molecule has 3 atom stereocenters. The lowest BCUT2D eigenvalue weighted by Crippen LogP contribution is -2.41. The second-order valence-electron chi connectivity index (χ2n) is 4.48. The van der Waals surface area contributed by atoms with E-state index in [0.29, 0.717) is 12.3 Å². The molecule has 72 valence electrons. The van der Waals surface area contributed by atoms with Crippen LogP contribution in [0, 0.1) is 17.8 Å². The summed E-state index contributed by atoms with van der Waals surface area (Å²) in [6.45, 7) is 1.96. The molecule has 0 aliphatic heterocycles. The fourth-order valence-electron chi connectivity index (χ4n) is 2.74. The van der Waals surface area contributed by atoms with Crippen LogP contribution in [-0.4, -0.2) is 11.6 Å². The Morgan fingerprint density at radius 2 is 1.92 bits per heavy atom. The summed E-state index contributed by atoms with van der Waals surface area (Å²) in [4.78, 5) is 23.3. The molecule has 2 aliphatic carbocycles. The van der Waals surface area contributed by atoms with Crippen molar-refractivity contribution in [2.75, 3.05) is 0 Å². The summed E-state index contributed by atoms with van der Waals surface area (Å²) in [6.07, 6.45) is 4.81. The zero-order valence-electron chi connectivity index (χ0n) is 8.08. The van der Waals surface area contributed by atoms with Crippen LogP contribution in [0.5, 0.6) is 0 Å². The van der Waals surface area contributed by atoms with E-state index in [1.165, 1.54) is 0 Å². The van der Waals surface area contributed by atoms with Crippen molar-refractivity contribution in [3.63, 3.8) is 0 Å². The summed E-state index contributed by atoms with van der Waals surface area (Å²) in [5.74, 6) is 0.750. The van der Waals surface area contributed by atoms with E-state index in [-0.39, 0.29) is 23.4 Å². The van der Waals surface area contributed by atoms with E-state index >= 15 is 0 Å². The van der Waals surface area contributed by atoms with Gasteiger partial charge in [-0.25, -0.2) is 0 Å². The highest BCUT2D eigenvalue weighted by Gasteiger charge is 2.41. The molecule has 0 heterocycles. The summed E-state index contributed by atoms with van der Waals surface area (Å²) in [6, 6.07) is 0. The molecule has 2 aliphatic rings. The highest BCUT2D eigenvalue weighted by molar-refractivity contribution is 6.04. The topological polar surface area (TPSA) is 34.1 Å². The Labute approximate surface area is 78.7 Å². The van der Waals surface area contributed by atoms with Gasteiger partial charge in [-0.1, -0.05) is 6.92 Å². The largest absolute Gasteiger partial charge is 0.299 e. The van der Waals surface area contributed by atoms with Gasteiger partial charge in [0.1, 0.15) is 11.6 Å². The highest BCUT2D eigenvalue weighted by atomic mass is 16.2. The second kappa shape index (κ2) is 3.24. The SMILES string of the molecule is CC1CCC2CCCC(=O)C2C1=O. The first-order valence-corrected chi connectivity index (χ1v) is 5.26. The molecule has 0 N–H and O–H groups in total. The zero-order chi connectivity index (χ0) is 9.42. The molecule has 2 nitrogen and oxygen atoms in total. The van der Waals surface area contributed by atoms with Crippen LogP contribution >= 0.6 is 0 Å². The van der Waals surface area contributed by atoms with E-state index in [1.807, 2.05) is 6.92 Å². The number of fused-ring (bicyclic) bond motifs is 1. The van der Waals surface area contributed by atoms with Crippen LogP contribution in [0.25, 0.3) is 0 Å². The Morgan fingerprint density at radius 3 is 2.69 bits per heavy atom. The number of rotatable bonds is 0. The monoisotopic (exact) mass is 180 g/mol. The van der Waals surface area contributed by atoms with Gasteiger partial charge >= 0.3 is 0 Å². The molecule has 2 rings (SSSR count). The minimum Gasteiger partial charge on any atom is -0.299 e. The molecule has 0 saturated heterocycles. The minimum absolute atomic E-state index is 0.128. The number of carbonyl (C=O) groups is 2. The maximum atomic E-state index is 11.7. The Morgan fingerprint density at radius 1 is 1.15 bits per heavy atom. The van der Waals surface area contributed by atoms with E-state index in [9.17, 15) is 9.59 Å². The van der Waals surface area contributed by atoms with Crippen LogP contribution in [0.2, 0.25) is 0 Å². The maximum Gasteiger partial charge on any atom is 0.146 e. The third-order valence-electron chi connectivity index (χ3n) is 3.58. The first-order chi connectivity index (χ1) is 6.20. The smallest absolute Gasteiger partial charge is 0.146 e. The number of ketones is 2. The predicted octanol–water partition coefficient (Wildman–Crippen LogP) is 1.97. The lowest BCUT2D eigenvalue weighted by Gasteiger charge is -2.35. The molecular weight excluding hydrogens is 164 g/mol. The van der Waals surface area contributed by atoms with Crippen molar-refractivity contribution in [1.82, 2.24) is 0 Å². The van der Waals surface area contributed by atoms with Crippen molar-refractivity contribution < 1.29 is 9.59 Å². The minimum atomic E-state index is -0.211. The Hall–Kier alpha value is -0.660. The van der Waals surface area contributed by atoms with Gasteiger partial charge in [0.2, 0.25) is 0 Å². The van der Waals surface area contributed by atoms with Crippen LogP contribution < -0.4 is 0 Å². The average Bonchev–Trinajstić information content (AvgIpc) is 2.12. The van der Waals surface area contributed by atoms with Crippen molar-refractivity contribution >= 4 is 11.6 Å². The molecule has 2 heteroatoms. The molecular formula is C11H16O2. The number of carbonyl (C=O) groups excluding carboxylic acids is 2. The Kier molecular flexibility index (Phi) is 2.22. The zero-order valence-corrected chi connectivity index (χ0v) is 8.08. The first kappa shape index (κ1) is 8.92. The van der Waals surface area contributed by atoms with E-state index in [2.05, 4.69) is 0 Å². The van der Waals surface area contributed by atoms with Crippen LogP contribution in [0.15, 0.2) is 0 Å². The highest BCUT2D eigenvalue weighted by Crippen LogP contribution is 2.38. The normalized spacial score (nSPS) is 40.2. The van der Waals surface area contributed by atoms with Gasteiger partial charge < -0.3 is 0 Å². The Balaban J connectivity index is 2.19. The number of hydrogen-bond acceptors (Lipinski definition) is 2.